The van der Waals surface area contributed by atoms with Crippen LogP contribution in [0.25, 0.3) is 0 Å². The number of ether oxygens (including phenoxy) is 1. The largest absolute Gasteiger partial charge is 0.489 e. The molecule has 5 heteroatoms. The lowest BCUT2D eigenvalue weighted by Crippen LogP contribution is -2.25. The zero-order valence-electron chi connectivity index (χ0n) is 15.0. The molecule has 132 valence electrons. The van der Waals surface area contributed by atoms with Gasteiger partial charge in [0, 0.05) is 37.5 Å². The minimum atomic E-state index is -0.0229. The Balaban J connectivity index is 1.57. The highest BCUT2D eigenvalue weighted by Gasteiger charge is 2.24. The third-order valence-electron chi connectivity index (χ3n) is 4.49. The van der Waals surface area contributed by atoms with Gasteiger partial charge >= 0.3 is 0 Å². The fourth-order valence-corrected chi connectivity index (χ4v) is 3.20. The minimum Gasteiger partial charge on any atom is -0.489 e. The number of benzene rings is 1. The van der Waals surface area contributed by atoms with E-state index in [1.54, 1.807) is 0 Å². The number of aromatic nitrogens is 1. The van der Waals surface area contributed by atoms with E-state index in [1.807, 2.05) is 50.4 Å². The van der Waals surface area contributed by atoms with E-state index in [1.165, 1.54) is 12.6 Å². The van der Waals surface area contributed by atoms with Crippen LogP contribution in [0.15, 0.2) is 42.6 Å². The summed E-state index contributed by atoms with van der Waals surface area (Å²) in [5.74, 6) is 0.849. The second-order valence-electron chi connectivity index (χ2n) is 6.62. The predicted octanol–water partition coefficient (Wildman–Crippen LogP) is 3.24. The Morgan fingerprint density at radius 1 is 1.32 bits per heavy atom. The van der Waals surface area contributed by atoms with E-state index < -0.39 is 0 Å². The molecular weight excluding hydrogens is 314 g/mol. The van der Waals surface area contributed by atoms with Crippen LogP contribution in [0, 0.1) is 6.92 Å². The highest BCUT2D eigenvalue weighted by Crippen LogP contribution is 2.24. The van der Waals surface area contributed by atoms with Crippen molar-refractivity contribution in [3.05, 3.63) is 53.9 Å². The number of aryl methyl sites for hydroxylation is 1. The first-order chi connectivity index (χ1) is 12.0. The molecule has 2 aromatic rings. The maximum absolute atomic E-state index is 11.1. The van der Waals surface area contributed by atoms with Crippen molar-refractivity contribution >= 4 is 11.6 Å². The first kappa shape index (κ1) is 17.3. The number of nitrogens with one attached hydrogen (secondary N) is 1. The molecule has 25 heavy (non-hydrogen) atoms. The van der Waals surface area contributed by atoms with Crippen LogP contribution in [0.4, 0.5) is 5.69 Å². The molecule has 1 fully saturated rings. The minimum absolute atomic E-state index is 0.00320. The number of carbonyl (C=O) groups excluding carboxylic acids is 1. The normalized spacial score (nSPS) is 18.0. The molecule has 2 heterocycles. The Kier molecular flexibility index (Phi) is 5.22. The van der Waals surface area contributed by atoms with Crippen LogP contribution < -0.4 is 15.0 Å². The second-order valence-corrected chi connectivity index (χ2v) is 6.62. The molecule has 1 amide bonds. The molecule has 1 aliphatic rings. The maximum Gasteiger partial charge on any atom is 0.217 e. The smallest absolute Gasteiger partial charge is 0.217 e. The van der Waals surface area contributed by atoms with E-state index in [0.29, 0.717) is 0 Å². The van der Waals surface area contributed by atoms with Gasteiger partial charge in [0.2, 0.25) is 5.91 Å². The van der Waals surface area contributed by atoms with Gasteiger partial charge in [0.1, 0.15) is 11.9 Å². The monoisotopic (exact) mass is 339 g/mol. The first-order valence-electron chi connectivity index (χ1n) is 8.72. The average molecular weight is 339 g/mol. The van der Waals surface area contributed by atoms with Crippen molar-refractivity contribution in [2.24, 2.45) is 0 Å². The van der Waals surface area contributed by atoms with Gasteiger partial charge in [-0.1, -0.05) is 12.1 Å². The Labute approximate surface area is 149 Å². The quantitative estimate of drug-likeness (QED) is 0.908. The van der Waals surface area contributed by atoms with Crippen molar-refractivity contribution in [1.82, 2.24) is 10.3 Å². The lowest BCUT2D eigenvalue weighted by Gasteiger charge is -2.19. The number of amides is 1. The number of pyridine rings is 1. The molecule has 0 radical (unpaired) electrons. The van der Waals surface area contributed by atoms with Crippen LogP contribution in [0.2, 0.25) is 0 Å². The molecule has 0 saturated carbocycles. The van der Waals surface area contributed by atoms with E-state index in [9.17, 15) is 4.79 Å². The first-order valence-corrected chi connectivity index (χ1v) is 8.72. The number of rotatable bonds is 5. The molecule has 0 unspecified atom stereocenters. The summed E-state index contributed by atoms with van der Waals surface area (Å²) in [5.41, 5.74) is 3.31. The van der Waals surface area contributed by atoms with Crippen LogP contribution in [0.3, 0.4) is 0 Å². The molecule has 1 aliphatic heterocycles. The van der Waals surface area contributed by atoms with Crippen LogP contribution in [0.5, 0.6) is 5.75 Å². The molecule has 0 bridgehead atoms. The molecule has 3 rings (SSSR count). The van der Waals surface area contributed by atoms with Gasteiger partial charge in [-0.2, -0.15) is 0 Å². The average Bonchev–Trinajstić information content (AvgIpc) is 3.03. The molecular formula is C20H25N3O2. The van der Waals surface area contributed by atoms with Gasteiger partial charge in [-0.05, 0) is 43.7 Å². The van der Waals surface area contributed by atoms with Crippen LogP contribution in [0.1, 0.15) is 37.6 Å². The molecule has 1 saturated heterocycles. The summed E-state index contributed by atoms with van der Waals surface area (Å²) in [6, 6.07) is 12.1. The van der Waals surface area contributed by atoms with Gasteiger partial charge in [-0.3, -0.25) is 9.78 Å². The third kappa shape index (κ3) is 4.50. The molecule has 1 aromatic heterocycles. The van der Waals surface area contributed by atoms with Crippen molar-refractivity contribution in [2.45, 2.75) is 39.3 Å². The summed E-state index contributed by atoms with van der Waals surface area (Å²) in [6.07, 6.45) is 3.05. The van der Waals surface area contributed by atoms with Gasteiger partial charge in [0.05, 0.1) is 12.6 Å². The molecule has 0 aliphatic carbocycles. The number of nitrogens with zero attached hydrogens (tertiary/aromatic N) is 2. The van der Waals surface area contributed by atoms with Gasteiger partial charge in [0.15, 0.2) is 0 Å². The fraction of sp³-hybridized carbons (Fsp3) is 0.400. The Morgan fingerprint density at radius 2 is 2.08 bits per heavy atom. The third-order valence-corrected chi connectivity index (χ3v) is 4.49. The molecule has 5 nitrogen and oxygen atoms in total. The van der Waals surface area contributed by atoms with Crippen LogP contribution in [-0.2, 0) is 4.79 Å². The van der Waals surface area contributed by atoms with E-state index in [-0.39, 0.29) is 18.1 Å². The summed E-state index contributed by atoms with van der Waals surface area (Å²) in [7, 11) is 0. The number of hydrogen-bond acceptors (Lipinski definition) is 4. The second kappa shape index (κ2) is 7.55. The number of carbonyl (C=O) groups is 1. The topological polar surface area (TPSA) is 54.5 Å². The summed E-state index contributed by atoms with van der Waals surface area (Å²) < 4.78 is 6.13. The molecule has 2 atom stereocenters. The number of anilines is 1. The molecule has 0 spiro atoms. The van der Waals surface area contributed by atoms with Gasteiger partial charge < -0.3 is 15.0 Å². The summed E-state index contributed by atoms with van der Waals surface area (Å²) in [4.78, 5) is 17.7. The highest BCUT2D eigenvalue weighted by atomic mass is 16.5. The fourth-order valence-electron chi connectivity index (χ4n) is 3.20. The van der Waals surface area contributed by atoms with Gasteiger partial charge in [0.25, 0.3) is 0 Å². The van der Waals surface area contributed by atoms with Crippen molar-refractivity contribution in [3.8, 4) is 5.75 Å². The Bertz CT molecular complexity index is 730. The van der Waals surface area contributed by atoms with Crippen molar-refractivity contribution in [3.63, 3.8) is 0 Å². The summed E-state index contributed by atoms with van der Waals surface area (Å²) >= 11 is 0. The van der Waals surface area contributed by atoms with Gasteiger partial charge in [-0.15, -0.1) is 0 Å². The highest BCUT2D eigenvalue weighted by molar-refractivity contribution is 5.73. The van der Waals surface area contributed by atoms with E-state index in [0.717, 1.165) is 36.5 Å². The SMILES string of the molecule is CC(=O)N[C@@H](C)c1ccc(O[C@@H]2CCN(c3ccnc(C)c3)C2)cc1. The van der Waals surface area contributed by atoms with E-state index in [2.05, 4.69) is 21.3 Å². The predicted molar refractivity (Wildman–Crippen MR) is 98.9 cm³/mol. The Hall–Kier alpha value is -2.56. The van der Waals surface area contributed by atoms with Crippen molar-refractivity contribution in [2.75, 3.05) is 18.0 Å². The lowest BCUT2D eigenvalue weighted by atomic mass is 10.1. The van der Waals surface area contributed by atoms with Crippen LogP contribution in [-0.4, -0.2) is 30.1 Å². The van der Waals surface area contributed by atoms with Gasteiger partial charge in [-0.25, -0.2) is 0 Å². The molecule has 1 N–H and O–H groups in total. The standard InChI is InChI=1S/C20H25N3O2/c1-14-12-18(8-10-21-14)23-11-9-20(13-23)25-19-6-4-17(5-7-19)15(2)22-16(3)24/h4-8,10,12,15,20H,9,11,13H2,1-3H3,(H,22,24)/t15-,20+/m0/s1. The van der Waals surface area contributed by atoms with Crippen molar-refractivity contribution in [1.29, 1.82) is 0 Å². The zero-order valence-corrected chi connectivity index (χ0v) is 15.0. The van der Waals surface area contributed by atoms with Crippen LogP contribution >= 0.6 is 0 Å². The van der Waals surface area contributed by atoms with E-state index >= 15 is 0 Å². The number of hydrogen-bond donors (Lipinski definition) is 1. The Morgan fingerprint density at radius 3 is 2.76 bits per heavy atom. The van der Waals surface area contributed by atoms with E-state index in [4.69, 9.17) is 4.74 Å². The summed E-state index contributed by atoms with van der Waals surface area (Å²) in [5, 5.41) is 2.89. The molecule has 1 aromatic carbocycles. The summed E-state index contributed by atoms with van der Waals surface area (Å²) in [6.45, 7) is 7.39. The van der Waals surface area contributed by atoms with Crippen molar-refractivity contribution < 1.29 is 9.53 Å². The lowest BCUT2D eigenvalue weighted by molar-refractivity contribution is -0.119. The maximum atomic E-state index is 11.1. The zero-order chi connectivity index (χ0) is 17.8.